The van der Waals surface area contributed by atoms with Crippen LogP contribution in [0, 0.1) is 17.8 Å². The van der Waals surface area contributed by atoms with E-state index < -0.39 is 0 Å². The van der Waals surface area contributed by atoms with Crippen molar-refractivity contribution in [2.45, 2.75) is 65.0 Å². The third-order valence-electron chi connectivity index (χ3n) is 3.96. The Morgan fingerprint density at radius 3 is 2.07 bits per heavy atom. The molecule has 0 spiro atoms. The van der Waals surface area contributed by atoms with Crippen LogP contribution in [0.15, 0.2) is 0 Å². The predicted molar refractivity (Wildman–Crippen MR) is 66.5 cm³/mol. The highest BCUT2D eigenvalue weighted by Crippen LogP contribution is 2.39. The van der Waals surface area contributed by atoms with Gasteiger partial charge in [0.25, 0.3) is 0 Å². The zero-order valence-electron chi connectivity index (χ0n) is 10.8. The fourth-order valence-electron chi connectivity index (χ4n) is 3.79. The van der Waals surface area contributed by atoms with Gasteiger partial charge in [-0.25, -0.2) is 0 Å². The standard InChI is InChI=1S/C13H28N2/c1-9(2)12(10(3)4)13(15)7-5-6-11(14)8-13/h9-12H,5-8,14-15H2,1-4H3. The monoisotopic (exact) mass is 212 g/mol. The Morgan fingerprint density at radius 1 is 1.13 bits per heavy atom. The van der Waals surface area contributed by atoms with Crippen LogP contribution in [0.25, 0.3) is 0 Å². The lowest BCUT2D eigenvalue weighted by atomic mass is 9.64. The number of rotatable bonds is 3. The van der Waals surface area contributed by atoms with E-state index >= 15 is 0 Å². The second-order valence-electron chi connectivity index (χ2n) is 6.10. The van der Waals surface area contributed by atoms with E-state index in [9.17, 15) is 0 Å². The molecule has 15 heavy (non-hydrogen) atoms. The smallest absolute Gasteiger partial charge is 0.0202 e. The normalized spacial score (nSPS) is 33.0. The number of hydrogen-bond acceptors (Lipinski definition) is 2. The van der Waals surface area contributed by atoms with Crippen LogP contribution in [0.2, 0.25) is 0 Å². The lowest BCUT2D eigenvalue weighted by Gasteiger charge is -2.46. The first-order chi connectivity index (χ1) is 6.87. The summed E-state index contributed by atoms with van der Waals surface area (Å²) in [5.41, 5.74) is 12.7. The van der Waals surface area contributed by atoms with Crippen LogP contribution in [0.4, 0.5) is 0 Å². The highest BCUT2D eigenvalue weighted by Gasteiger charge is 2.41. The fourth-order valence-corrected chi connectivity index (χ4v) is 3.79. The highest BCUT2D eigenvalue weighted by molar-refractivity contribution is 4.99. The molecule has 0 amide bonds. The molecule has 0 bridgehead atoms. The Bertz CT molecular complexity index is 193. The maximum absolute atomic E-state index is 6.62. The first kappa shape index (κ1) is 13.0. The van der Waals surface area contributed by atoms with Crippen molar-refractivity contribution in [3.8, 4) is 0 Å². The van der Waals surface area contributed by atoms with Crippen molar-refractivity contribution < 1.29 is 0 Å². The van der Waals surface area contributed by atoms with Gasteiger partial charge in [0.15, 0.2) is 0 Å². The lowest BCUT2D eigenvalue weighted by molar-refractivity contribution is 0.102. The van der Waals surface area contributed by atoms with E-state index in [2.05, 4.69) is 27.7 Å². The van der Waals surface area contributed by atoms with Crippen LogP contribution >= 0.6 is 0 Å². The molecule has 1 saturated carbocycles. The molecule has 0 radical (unpaired) electrons. The average molecular weight is 212 g/mol. The van der Waals surface area contributed by atoms with Gasteiger partial charge in [-0.15, -0.1) is 0 Å². The Balaban J connectivity index is 2.80. The summed E-state index contributed by atoms with van der Waals surface area (Å²) in [6, 6.07) is 0.323. The Kier molecular flexibility index (Phi) is 4.19. The molecule has 1 aliphatic carbocycles. The summed E-state index contributed by atoms with van der Waals surface area (Å²) in [4.78, 5) is 0. The topological polar surface area (TPSA) is 52.0 Å². The van der Waals surface area contributed by atoms with E-state index in [1.807, 2.05) is 0 Å². The molecular weight excluding hydrogens is 184 g/mol. The van der Waals surface area contributed by atoms with Crippen LogP contribution in [0.3, 0.4) is 0 Å². The largest absolute Gasteiger partial charge is 0.328 e. The van der Waals surface area contributed by atoms with Gasteiger partial charge >= 0.3 is 0 Å². The number of nitrogens with two attached hydrogens (primary N) is 2. The average Bonchev–Trinajstić information content (AvgIpc) is 1.99. The minimum Gasteiger partial charge on any atom is -0.328 e. The lowest BCUT2D eigenvalue weighted by Crippen LogP contribution is -2.56. The molecular formula is C13H28N2. The van der Waals surface area contributed by atoms with Crippen molar-refractivity contribution in [2.75, 3.05) is 0 Å². The van der Waals surface area contributed by atoms with Crippen molar-refractivity contribution in [3.05, 3.63) is 0 Å². The van der Waals surface area contributed by atoms with Gasteiger partial charge in [-0.3, -0.25) is 0 Å². The molecule has 0 heterocycles. The van der Waals surface area contributed by atoms with Gasteiger partial charge in [-0.2, -0.15) is 0 Å². The second-order valence-corrected chi connectivity index (χ2v) is 6.10. The fraction of sp³-hybridized carbons (Fsp3) is 1.00. The predicted octanol–water partition coefficient (Wildman–Crippen LogP) is 2.51. The Morgan fingerprint density at radius 2 is 1.67 bits per heavy atom. The molecule has 1 fully saturated rings. The van der Waals surface area contributed by atoms with Crippen LogP contribution in [-0.2, 0) is 0 Å². The second kappa shape index (κ2) is 4.84. The van der Waals surface area contributed by atoms with Crippen molar-refractivity contribution in [2.24, 2.45) is 29.2 Å². The molecule has 0 aromatic carbocycles. The van der Waals surface area contributed by atoms with Crippen LogP contribution in [-0.4, -0.2) is 11.6 Å². The van der Waals surface area contributed by atoms with Crippen molar-refractivity contribution in [1.82, 2.24) is 0 Å². The first-order valence-electron chi connectivity index (χ1n) is 6.41. The molecule has 2 atom stereocenters. The third-order valence-corrected chi connectivity index (χ3v) is 3.96. The summed E-state index contributed by atoms with van der Waals surface area (Å²) in [7, 11) is 0. The molecule has 1 rings (SSSR count). The SMILES string of the molecule is CC(C)C(C(C)C)C1(N)CCCC(N)C1. The molecule has 0 aromatic rings. The van der Waals surface area contributed by atoms with Crippen molar-refractivity contribution in [1.29, 1.82) is 0 Å². The minimum absolute atomic E-state index is 0.0139. The van der Waals surface area contributed by atoms with Crippen LogP contribution in [0.1, 0.15) is 53.4 Å². The molecule has 4 N–H and O–H groups in total. The minimum atomic E-state index is -0.0139. The van der Waals surface area contributed by atoms with Crippen molar-refractivity contribution >= 4 is 0 Å². The molecule has 0 aliphatic heterocycles. The summed E-state index contributed by atoms with van der Waals surface area (Å²) in [6.07, 6.45) is 4.52. The zero-order valence-corrected chi connectivity index (χ0v) is 10.8. The summed E-state index contributed by atoms with van der Waals surface area (Å²) < 4.78 is 0. The number of hydrogen-bond donors (Lipinski definition) is 2. The van der Waals surface area contributed by atoms with Crippen LogP contribution in [0.5, 0.6) is 0 Å². The molecule has 0 aromatic heterocycles. The van der Waals surface area contributed by atoms with Gasteiger partial charge in [-0.05, 0) is 37.0 Å². The van der Waals surface area contributed by atoms with Crippen molar-refractivity contribution in [3.63, 3.8) is 0 Å². The third kappa shape index (κ3) is 2.94. The highest BCUT2D eigenvalue weighted by atomic mass is 14.8. The van der Waals surface area contributed by atoms with Crippen LogP contribution < -0.4 is 11.5 Å². The maximum Gasteiger partial charge on any atom is 0.0202 e. The molecule has 1 aliphatic rings. The van der Waals surface area contributed by atoms with E-state index in [1.54, 1.807) is 0 Å². The van der Waals surface area contributed by atoms with Gasteiger partial charge in [0.2, 0.25) is 0 Å². The van der Waals surface area contributed by atoms with E-state index in [-0.39, 0.29) is 5.54 Å². The first-order valence-corrected chi connectivity index (χ1v) is 6.41. The maximum atomic E-state index is 6.62. The molecule has 2 nitrogen and oxygen atoms in total. The Hall–Kier alpha value is -0.0800. The Labute approximate surface area is 94.8 Å². The molecule has 2 unspecified atom stereocenters. The van der Waals surface area contributed by atoms with E-state index in [4.69, 9.17) is 11.5 Å². The summed E-state index contributed by atoms with van der Waals surface area (Å²) in [6.45, 7) is 9.16. The van der Waals surface area contributed by atoms with Gasteiger partial charge < -0.3 is 11.5 Å². The van der Waals surface area contributed by atoms with Gasteiger partial charge in [-0.1, -0.05) is 34.1 Å². The van der Waals surface area contributed by atoms with Gasteiger partial charge in [0.1, 0.15) is 0 Å². The van der Waals surface area contributed by atoms with Gasteiger partial charge in [0.05, 0.1) is 0 Å². The quantitative estimate of drug-likeness (QED) is 0.755. The molecule has 90 valence electrons. The molecule has 2 heteroatoms. The summed E-state index contributed by atoms with van der Waals surface area (Å²) >= 11 is 0. The van der Waals surface area contributed by atoms with E-state index in [1.165, 1.54) is 6.42 Å². The van der Waals surface area contributed by atoms with E-state index in [0.29, 0.717) is 23.8 Å². The van der Waals surface area contributed by atoms with Gasteiger partial charge in [0, 0.05) is 11.6 Å². The zero-order chi connectivity index (χ0) is 11.6. The molecule has 0 saturated heterocycles. The van der Waals surface area contributed by atoms with E-state index in [0.717, 1.165) is 19.3 Å². The summed E-state index contributed by atoms with van der Waals surface area (Å²) in [5, 5.41) is 0. The summed E-state index contributed by atoms with van der Waals surface area (Å²) in [5.74, 6) is 1.91.